The van der Waals surface area contributed by atoms with Crippen molar-refractivity contribution in [1.29, 1.82) is 0 Å². The summed E-state index contributed by atoms with van der Waals surface area (Å²) in [4.78, 5) is 2.55. The van der Waals surface area contributed by atoms with Gasteiger partial charge in [-0.05, 0) is 19.0 Å². The predicted octanol–water partition coefficient (Wildman–Crippen LogP) is 2.43. The number of nitrogens with one attached hydrogen (secondary N) is 1. The molecule has 0 bridgehead atoms. The highest BCUT2D eigenvalue weighted by Crippen LogP contribution is 2.36. The van der Waals surface area contributed by atoms with Gasteiger partial charge in [0, 0.05) is 36.7 Å². The smallest absolute Gasteiger partial charge is 0.124 e. The minimum atomic E-state index is 0.251. The number of nitrogens with zero attached hydrogens (tertiary/aromatic N) is 2. The topological polar surface area (TPSA) is 36.9 Å². The maximum absolute atomic E-state index is 5.51. The molecule has 0 aliphatic carbocycles. The van der Waals surface area contributed by atoms with Gasteiger partial charge >= 0.3 is 0 Å². The average Bonchev–Trinajstić information content (AvgIpc) is 2.90. The Labute approximate surface area is 120 Å². The molecule has 1 N–H and O–H groups in total. The number of hydrazone groups is 1. The molecule has 2 heterocycles. The summed E-state index contributed by atoms with van der Waals surface area (Å²) in [6.45, 7) is 5.67. The van der Waals surface area contributed by atoms with Gasteiger partial charge in [0.25, 0.3) is 0 Å². The van der Waals surface area contributed by atoms with Gasteiger partial charge < -0.3 is 15.1 Å². The molecule has 3 rings (SSSR count). The first kappa shape index (κ1) is 13.4. The van der Waals surface area contributed by atoms with Gasteiger partial charge in [-0.15, -0.1) is 0 Å². The number of methoxy groups -OCH3 is 1. The van der Waals surface area contributed by atoms with Crippen molar-refractivity contribution in [3.05, 3.63) is 29.8 Å². The Bertz CT molecular complexity index is 500. The zero-order valence-electron chi connectivity index (χ0n) is 12.3. The maximum Gasteiger partial charge on any atom is 0.124 e. The van der Waals surface area contributed by atoms with Crippen LogP contribution in [-0.4, -0.2) is 37.4 Å². The van der Waals surface area contributed by atoms with Gasteiger partial charge in [0.15, 0.2) is 0 Å². The Balaban J connectivity index is 1.81. The second-order valence-electron chi connectivity index (χ2n) is 5.61. The summed E-state index contributed by atoms with van der Waals surface area (Å²) in [7, 11) is 1.74. The molecule has 0 radical (unpaired) electrons. The third-order valence-corrected chi connectivity index (χ3v) is 4.33. The molecule has 0 saturated carbocycles. The van der Waals surface area contributed by atoms with Crippen molar-refractivity contribution in [2.75, 3.05) is 26.7 Å². The molecule has 2 aliphatic rings. The highest BCUT2D eigenvalue weighted by Gasteiger charge is 2.37. The van der Waals surface area contributed by atoms with E-state index in [2.05, 4.69) is 34.5 Å². The van der Waals surface area contributed by atoms with Crippen LogP contribution in [0.2, 0.25) is 0 Å². The number of para-hydroxylation sites is 1. The van der Waals surface area contributed by atoms with Crippen molar-refractivity contribution >= 4 is 5.71 Å². The predicted molar refractivity (Wildman–Crippen MR) is 81.1 cm³/mol. The van der Waals surface area contributed by atoms with E-state index in [1.54, 1.807) is 7.11 Å². The van der Waals surface area contributed by atoms with E-state index in [9.17, 15) is 0 Å². The first-order chi connectivity index (χ1) is 9.83. The Morgan fingerprint density at radius 1 is 1.40 bits per heavy atom. The van der Waals surface area contributed by atoms with Gasteiger partial charge in [0.1, 0.15) is 5.75 Å². The summed E-state index contributed by atoms with van der Waals surface area (Å²) < 4.78 is 5.51. The molecule has 2 aliphatic heterocycles. The first-order valence-corrected chi connectivity index (χ1v) is 7.50. The van der Waals surface area contributed by atoms with Crippen molar-refractivity contribution in [1.82, 2.24) is 10.3 Å². The van der Waals surface area contributed by atoms with Crippen LogP contribution in [-0.2, 0) is 0 Å². The summed E-state index contributed by atoms with van der Waals surface area (Å²) in [6.07, 6.45) is 2.30. The van der Waals surface area contributed by atoms with Crippen molar-refractivity contribution in [3.8, 4) is 5.75 Å². The number of fused-ring (bicyclic) bond motifs is 1. The van der Waals surface area contributed by atoms with E-state index in [0.717, 1.165) is 25.3 Å². The number of hydrogen-bond donors (Lipinski definition) is 1. The normalized spacial score (nSPS) is 25.8. The molecule has 1 saturated heterocycles. The highest BCUT2D eigenvalue weighted by molar-refractivity contribution is 5.90. The molecule has 0 aromatic heterocycles. The summed E-state index contributed by atoms with van der Waals surface area (Å²) in [5.74, 6) is 1.43. The quantitative estimate of drug-likeness (QED) is 0.915. The number of rotatable bonds is 4. The van der Waals surface area contributed by atoms with Crippen molar-refractivity contribution in [3.63, 3.8) is 0 Å². The van der Waals surface area contributed by atoms with Gasteiger partial charge in [0.05, 0.1) is 13.2 Å². The molecule has 1 aromatic carbocycles. The van der Waals surface area contributed by atoms with E-state index >= 15 is 0 Å². The second-order valence-corrected chi connectivity index (χ2v) is 5.61. The van der Waals surface area contributed by atoms with E-state index in [4.69, 9.17) is 4.74 Å². The largest absolute Gasteiger partial charge is 0.496 e. The SMILES string of the molecule is CCCN1CCC2=NNC(c3ccccc3OC)C2C1. The van der Waals surface area contributed by atoms with Crippen LogP contribution >= 0.6 is 0 Å². The van der Waals surface area contributed by atoms with Crippen molar-refractivity contribution in [2.24, 2.45) is 11.0 Å². The first-order valence-electron chi connectivity index (χ1n) is 7.50. The van der Waals surface area contributed by atoms with Crippen LogP contribution in [0.4, 0.5) is 0 Å². The zero-order chi connectivity index (χ0) is 13.9. The fraction of sp³-hybridized carbons (Fsp3) is 0.562. The molecule has 0 amide bonds. The minimum absolute atomic E-state index is 0.251. The van der Waals surface area contributed by atoms with Crippen LogP contribution in [0.1, 0.15) is 31.4 Å². The van der Waals surface area contributed by atoms with E-state index in [0.29, 0.717) is 5.92 Å². The molecule has 1 fully saturated rings. The number of benzene rings is 1. The van der Waals surface area contributed by atoms with E-state index in [1.165, 1.54) is 24.2 Å². The lowest BCUT2D eigenvalue weighted by molar-refractivity contribution is 0.227. The van der Waals surface area contributed by atoms with Crippen molar-refractivity contribution in [2.45, 2.75) is 25.8 Å². The van der Waals surface area contributed by atoms with E-state index in [-0.39, 0.29) is 6.04 Å². The lowest BCUT2D eigenvalue weighted by Gasteiger charge is -2.33. The fourth-order valence-electron chi connectivity index (χ4n) is 3.34. The Morgan fingerprint density at radius 2 is 2.25 bits per heavy atom. The van der Waals surface area contributed by atoms with E-state index in [1.807, 2.05) is 12.1 Å². The Kier molecular flexibility index (Phi) is 3.92. The van der Waals surface area contributed by atoms with E-state index < -0.39 is 0 Å². The number of piperidine rings is 1. The molecule has 1 aromatic rings. The molecule has 20 heavy (non-hydrogen) atoms. The van der Waals surface area contributed by atoms with Gasteiger partial charge in [0.2, 0.25) is 0 Å². The molecule has 2 atom stereocenters. The molecule has 4 nitrogen and oxygen atoms in total. The fourth-order valence-corrected chi connectivity index (χ4v) is 3.34. The summed E-state index contributed by atoms with van der Waals surface area (Å²) in [5, 5.41) is 4.57. The summed E-state index contributed by atoms with van der Waals surface area (Å²) in [5.41, 5.74) is 5.88. The standard InChI is InChI=1S/C16H23N3O/c1-3-9-19-10-8-14-13(11-19)16(18-17-14)12-6-4-5-7-15(12)20-2/h4-7,13,16,18H,3,8-11H2,1-2H3. The van der Waals surface area contributed by atoms with Gasteiger partial charge in [-0.25, -0.2) is 0 Å². The van der Waals surface area contributed by atoms with Gasteiger partial charge in [-0.1, -0.05) is 25.1 Å². The minimum Gasteiger partial charge on any atom is -0.496 e. The zero-order valence-corrected chi connectivity index (χ0v) is 12.3. The Hall–Kier alpha value is -1.55. The third-order valence-electron chi connectivity index (χ3n) is 4.33. The van der Waals surface area contributed by atoms with Crippen LogP contribution in [0.15, 0.2) is 29.4 Å². The van der Waals surface area contributed by atoms with Gasteiger partial charge in [-0.2, -0.15) is 5.10 Å². The molecule has 0 spiro atoms. The monoisotopic (exact) mass is 273 g/mol. The van der Waals surface area contributed by atoms with Crippen LogP contribution in [0.25, 0.3) is 0 Å². The summed E-state index contributed by atoms with van der Waals surface area (Å²) >= 11 is 0. The van der Waals surface area contributed by atoms with Crippen LogP contribution in [0, 0.1) is 5.92 Å². The highest BCUT2D eigenvalue weighted by atomic mass is 16.5. The summed E-state index contributed by atoms with van der Waals surface area (Å²) in [6, 6.07) is 8.52. The number of ether oxygens (including phenoxy) is 1. The lowest BCUT2D eigenvalue weighted by Crippen LogP contribution is -2.42. The van der Waals surface area contributed by atoms with Gasteiger partial charge in [-0.3, -0.25) is 0 Å². The lowest BCUT2D eigenvalue weighted by atomic mass is 9.86. The average molecular weight is 273 g/mol. The molecular formula is C16H23N3O. The number of likely N-dealkylation sites (tertiary alicyclic amines) is 1. The van der Waals surface area contributed by atoms with Crippen LogP contribution in [0.5, 0.6) is 5.75 Å². The third kappa shape index (κ3) is 2.40. The molecule has 2 unspecified atom stereocenters. The Morgan fingerprint density at radius 3 is 3.05 bits per heavy atom. The maximum atomic E-state index is 5.51. The molecular weight excluding hydrogens is 250 g/mol. The molecule has 108 valence electrons. The second kappa shape index (κ2) is 5.83. The molecule has 4 heteroatoms. The van der Waals surface area contributed by atoms with Crippen molar-refractivity contribution < 1.29 is 4.74 Å². The number of hydrogen-bond acceptors (Lipinski definition) is 4. The van der Waals surface area contributed by atoms with Crippen LogP contribution < -0.4 is 10.2 Å². The van der Waals surface area contributed by atoms with Crippen LogP contribution in [0.3, 0.4) is 0 Å².